The SMILES string of the molecule is Cc1cc(C)c2nc(N(CC3CCCO3)C(=O)C(C)(C)C)sc2c1. The van der Waals surface area contributed by atoms with Gasteiger partial charge in [-0.1, -0.05) is 38.2 Å². The van der Waals surface area contributed by atoms with E-state index in [0.717, 1.165) is 40.4 Å². The molecule has 1 saturated heterocycles. The smallest absolute Gasteiger partial charge is 0.234 e. The van der Waals surface area contributed by atoms with Gasteiger partial charge in [0.2, 0.25) is 5.91 Å². The Balaban J connectivity index is 2.00. The van der Waals surface area contributed by atoms with Crippen molar-refractivity contribution in [2.75, 3.05) is 18.1 Å². The molecule has 2 aromatic rings. The number of aryl methyl sites for hydroxylation is 2. The quantitative estimate of drug-likeness (QED) is 0.823. The molecule has 1 unspecified atom stereocenters. The number of carbonyl (C=O) groups is 1. The molecule has 1 aliphatic rings. The molecule has 1 aromatic carbocycles. The lowest BCUT2D eigenvalue weighted by molar-refractivity contribution is -0.126. The number of ether oxygens (including phenoxy) is 1. The number of nitrogens with zero attached hydrogens (tertiary/aromatic N) is 2. The minimum atomic E-state index is -0.443. The highest BCUT2D eigenvalue weighted by Gasteiger charge is 2.33. The van der Waals surface area contributed by atoms with Crippen molar-refractivity contribution in [3.05, 3.63) is 23.3 Å². The molecule has 0 aliphatic carbocycles. The predicted octanol–water partition coefficient (Wildman–Crippen LogP) is 4.47. The minimum absolute atomic E-state index is 0.103. The number of amides is 1. The van der Waals surface area contributed by atoms with E-state index in [0.29, 0.717) is 6.54 Å². The second-order valence-electron chi connectivity index (χ2n) is 7.73. The first-order chi connectivity index (χ1) is 11.3. The Bertz CT molecular complexity index is 755. The number of fused-ring (bicyclic) bond motifs is 1. The van der Waals surface area contributed by atoms with Crippen molar-refractivity contribution in [1.82, 2.24) is 4.98 Å². The first-order valence-corrected chi connectivity index (χ1v) is 9.39. The number of benzene rings is 1. The predicted molar refractivity (Wildman–Crippen MR) is 99.9 cm³/mol. The van der Waals surface area contributed by atoms with E-state index in [4.69, 9.17) is 9.72 Å². The van der Waals surface area contributed by atoms with E-state index in [1.807, 2.05) is 25.7 Å². The fraction of sp³-hybridized carbons (Fsp3) is 0.579. The number of hydrogen-bond donors (Lipinski definition) is 0. The topological polar surface area (TPSA) is 42.4 Å². The van der Waals surface area contributed by atoms with Crippen molar-refractivity contribution < 1.29 is 9.53 Å². The molecule has 0 N–H and O–H groups in total. The van der Waals surface area contributed by atoms with Crippen molar-refractivity contribution in [2.24, 2.45) is 5.41 Å². The van der Waals surface area contributed by atoms with Gasteiger partial charge in [0.25, 0.3) is 0 Å². The average molecular weight is 346 g/mol. The molecule has 1 aliphatic heterocycles. The van der Waals surface area contributed by atoms with Crippen LogP contribution in [0.5, 0.6) is 0 Å². The van der Waals surface area contributed by atoms with Crippen molar-refractivity contribution >= 4 is 32.6 Å². The van der Waals surface area contributed by atoms with E-state index in [2.05, 4.69) is 26.0 Å². The van der Waals surface area contributed by atoms with Crippen molar-refractivity contribution in [1.29, 1.82) is 0 Å². The molecule has 24 heavy (non-hydrogen) atoms. The van der Waals surface area contributed by atoms with Gasteiger partial charge in [-0.05, 0) is 43.9 Å². The summed E-state index contributed by atoms with van der Waals surface area (Å²) < 4.78 is 6.91. The summed E-state index contributed by atoms with van der Waals surface area (Å²) in [5, 5.41) is 0.786. The number of hydrogen-bond acceptors (Lipinski definition) is 4. The van der Waals surface area contributed by atoms with Gasteiger partial charge in [-0.3, -0.25) is 9.69 Å². The molecular weight excluding hydrogens is 320 g/mol. The number of rotatable bonds is 3. The molecule has 5 heteroatoms. The Labute approximate surface area is 147 Å². The van der Waals surface area contributed by atoms with Crippen LogP contribution in [0.1, 0.15) is 44.7 Å². The highest BCUT2D eigenvalue weighted by Crippen LogP contribution is 2.34. The van der Waals surface area contributed by atoms with Gasteiger partial charge in [0.05, 0.1) is 22.9 Å². The number of aromatic nitrogens is 1. The fourth-order valence-corrected chi connectivity index (χ4v) is 4.27. The second-order valence-corrected chi connectivity index (χ2v) is 8.73. The second kappa shape index (κ2) is 6.45. The fourth-order valence-electron chi connectivity index (χ4n) is 3.12. The van der Waals surface area contributed by atoms with E-state index >= 15 is 0 Å². The molecule has 2 heterocycles. The summed E-state index contributed by atoms with van der Waals surface area (Å²) in [6.45, 7) is 11.4. The van der Waals surface area contributed by atoms with Crippen LogP contribution in [-0.4, -0.2) is 30.1 Å². The molecule has 1 aromatic heterocycles. The summed E-state index contributed by atoms with van der Waals surface area (Å²) in [5.41, 5.74) is 2.94. The van der Waals surface area contributed by atoms with Crippen LogP contribution in [0.4, 0.5) is 5.13 Å². The van der Waals surface area contributed by atoms with Crippen LogP contribution in [0.2, 0.25) is 0 Å². The molecule has 1 fully saturated rings. The summed E-state index contributed by atoms with van der Waals surface area (Å²) in [7, 11) is 0. The Hall–Kier alpha value is -1.46. The zero-order valence-corrected chi connectivity index (χ0v) is 16.0. The summed E-state index contributed by atoms with van der Waals surface area (Å²) >= 11 is 1.60. The highest BCUT2D eigenvalue weighted by molar-refractivity contribution is 7.22. The molecule has 130 valence electrons. The third kappa shape index (κ3) is 3.47. The van der Waals surface area contributed by atoms with E-state index in [1.165, 1.54) is 5.56 Å². The summed E-state index contributed by atoms with van der Waals surface area (Å²) in [6, 6.07) is 4.29. The number of anilines is 1. The lowest BCUT2D eigenvalue weighted by Gasteiger charge is -2.29. The maximum absolute atomic E-state index is 13.0. The van der Waals surface area contributed by atoms with Crippen LogP contribution in [0.25, 0.3) is 10.2 Å². The monoisotopic (exact) mass is 346 g/mol. The van der Waals surface area contributed by atoms with Gasteiger partial charge in [0, 0.05) is 12.0 Å². The average Bonchev–Trinajstić information content (AvgIpc) is 3.11. The summed E-state index contributed by atoms with van der Waals surface area (Å²) in [6.07, 6.45) is 2.20. The Morgan fingerprint density at radius 2 is 2.12 bits per heavy atom. The van der Waals surface area contributed by atoms with Crippen LogP contribution < -0.4 is 4.90 Å². The summed E-state index contributed by atoms with van der Waals surface area (Å²) in [5.74, 6) is 0.103. The van der Waals surface area contributed by atoms with Gasteiger partial charge in [-0.15, -0.1) is 0 Å². The standard InChI is InChI=1S/C19H26N2O2S/c1-12-9-13(2)16-15(10-12)24-18(20-16)21(17(22)19(3,4)5)11-14-7-6-8-23-14/h9-10,14H,6-8,11H2,1-5H3. The van der Waals surface area contributed by atoms with Crippen LogP contribution >= 0.6 is 11.3 Å². The molecule has 0 bridgehead atoms. The van der Waals surface area contributed by atoms with Gasteiger partial charge < -0.3 is 4.74 Å². The largest absolute Gasteiger partial charge is 0.376 e. The van der Waals surface area contributed by atoms with E-state index in [1.54, 1.807) is 11.3 Å². The van der Waals surface area contributed by atoms with Gasteiger partial charge in [0.1, 0.15) is 0 Å². The number of carbonyl (C=O) groups excluding carboxylic acids is 1. The molecule has 0 saturated carbocycles. The third-order valence-electron chi connectivity index (χ3n) is 4.35. The van der Waals surface area contributed by atoms with Gasteiger partial charge in [0.15, 0.2) is 5.13 Å². The summed E-state index contributed by atoms with van der Waals surface area (Å²) in [4.78, 5) is 19.7. The first-order valence-electron chi connectivity index (χ1n) is 8.57. The first kappa shape index (κ1) is 17.4. The Morgan fingerprint density at radius 1 is 1.38 bits per heavy atom. The molecule has 4 nitrogen and oxygen atoms in total. The lowest BCUT2D eigenvalue weighted by Crippen LogP contribution is -2.43. The van der Waals surface area contributed by atoms with Crippen molar-refractivity contribution in [2.45, 2.75) is 53.6 Å². The molecule has 0 radical (unpaired) electrons. The van der Waals surface area contributed by atoms with Crippen LogP contribution in [0.15, 0.2) is 12.1 Å². The minimum Gasteiger partial charge on any atom is -0.376 e. The molecule has 1 amide bonds. The maximum atomic E-state index is 13.0. The zero-order chi connectivity index (χ0) is 17.5. The van der Waals surface area contributed by atoms with Gasteiger partial charge in [-0.25, -0.2) is 4.98 Å². The normalized spacial score (nSPS) is 18.3. The highest BCUT2D eigenvalue weighted by atomic mass is 32.1. The van der Waals surface area contributed by atoms with Gasteiger partial charge in [-0.2, -0.15) is 0 Å². The number of thiazole rings is 1. The van der Waals surface area contributed by atoms with Crippen molar-refractivity contribution in [3.63, 3.8) is 0 Å². The van der Waals surface area contributed by atoms with E-state index in [-0.39, 0.29) is 12.0 Å². The van der Waals surface area contributed by atoms with Crippen LogP contribution in [0, 0.1) is 19.3 Å². The van der Waals surface area contributed by atoms with Crippen LogP contribution in [-0.2, 0) is 9.53 Å². The zero-order valence-electron chi connectivity index (χ0n) is 15.2. The van der Waals surface area contributed by atoms with E-state index < -0.39 is 5.41 Å². The lowest BCUT2D eigenvalue weighted by atomic mass is 9.94. The molecule has 3 rings (SSSR count). The van der Waals surface area contributed by atoms with Gasteiger partial charge >= 0.3 is 0 Å². The molecule has 0 spiro atoms. The third-order valence-corrected chi connectivity index (χ3v) is 5.37. The van der Waals surface area contributed by atoms with E-state index in [9.17, 15) is 4.79 Å². The molecule has 1 atom stereocenters. The van der Waals surface area contributed by atoms with Crippen molar-refractivity contribution in [3.8, 4) is 0 Å². The van der Waals surface area contributed by atoms with Crippen LogP contribution in [0.3, 0.4) is 0 Å². The molecular formula is C19H26N2O2S. The Morgan fingerprint density at radius 3 is 2.75 bits per heavy atom. The maximum Gasteiger partial charge on any atom is 0.234 e. The Kier molecular flexibility index (Phi) is 4.67.